The lowest BCUT2D eigenvalue weighted by atomic mass is 9.78. The molecule has 0 radical (unpaired) electrons. The van der Waals surface area contributed by atoms with Crippen LogP contribution in [0.5, 0.6) is 0 Å². The Morgan fingerprint density at radius 3 is 2.45 bits per heavy atom. The number of nitrogens with one attached hydrogen (secondary N) is 1. The smallest absolute Gasteiger partial charge is 0.132 e. The van der Waals surface area contributed by atoms with Crippen LogP contribution < -0.4 is 15.8 Å². The van der Waals surface area contributed by atoms with Crippen LogP contribution in [0.3, 0.4) is 0 Å². The van der Waals surface area contributed by atoms with Crippen LogP contribution in [0.15, 0.2) is 73.2 Å². The van der Waals surface area contributed by atoms with Crippen molar-refractivity contribution in [2.75, 3.05) is 5.32 Å². The molecule has 4 aromatic rings. The molecular weight excluding hydrogens is 404 g/mol. The summed E-state index contributed by atoms with van der Waals surface area (Å²) in [6.07, 6.45) is 9.13. The first kappa shape index (κ1) is 21.1. The predicted molar refractivity (Wildman–Crippen MR) is 135 cm³/mol. The molecule has 1 N–H and O–H groups in total. The van der Waals surface area contributed by atoms with Gasteiger partial charge in [-0.05, 0) is 59.5 Å². The molecule has 4 nitrogen and oxygen atoms in total. The minimum atomic E-state index is -0.151. The third-order valence-electron chi connectivity index (χ3n) is 6.49. The quantitative estimate of drug-likeness (QED) is 0.497. The summed E-state index contributed by atoms with van der Waals surface area (Å²) in [5.41, 5.74) is 6.65. The highest BCUT2D eigenvalue weighted by Crippen LogP contribution is 2.33. The van der Waals surface area contributed by atoms with Gasteiger partial charge < -0.3 is 5.32 Å². The lowest BCUT2D eigenvalue weighted by molar-refractivity contribution is 0.621. The van der Waals surface area contributed by atoms with E-state index in [1.54, 1.807) is 6.33 Å². The van der Waals surface area contributed by atoms with Crippen molar-refractivity contribution in [1.82, 2.24) is 15.0 Å². The van der Waals surface area contributed by atoms with Gasteiger partial charge in [0, 0.05) is 29.4 Å². The minimum absolute atomic E-state index is 0.151. The first-order valence-corrected chi connectivity index (χ1v) is 11.4. The second-order valence-electron chi connectivity index (χ2n) is 9.03. The van der Waals surface area contributed by atoms with Crippen molar-refractivity contribution in [3.8, 4) is 11.1 Å². The number of nitrogens with zero attached hydrogens (tertiary/aromatic N) is 3. The largest absolute Gasteiger partial charge is 0.366 e. The molecule has 1 unspecified atom stereocenters. The van der Waals surface area contributed by atoms with E-state index in [0.29, 0.717) is 6.54 Å². The average molecular weight is 433 g/mol. The number of rotatable bonds is 5. The molecule has 2 aromatic carbocycles. The number of fused-ring (bicyclic) bond motifs is 1. The van der Waals surface area contributed by atoms with E-state index in [4.69, 9.17) is 4.98 Å². The molecule has 0 fully saturated rings. The maximum absolute atomic E-state index is 4.71. The van der Waals surface area contributed by atoms with Gasteiger partial charge in [0.25, 0.3) is 0 Å². The molecule has 0 saturated heterocycles. The Labute approximate surface area is 194 Å². The van der Waals surface area contributed by atoms with Crippen molar-refractivity contribution in [3.63, 3.8) is 0 Å². The summed E-state index contributed by atoms with van der Waals surface area (Å²) in [6, 6.07) is 21.3. The molecule has 33 heavy (non-hydrogen) atoms. The second kappa shape index (κ2) is 8.62. The van der Waals surface area contributed by atoms with Crippen LogP contribution in [-0.2, 0) is 12.0 Å². The summed E-state index contributed by atoms with van der Waals surface area (Å²) in [4.78, 5) is 13.5. The molecular formula is C29H28N4. The number of hydrogen-bond donors (Lipinski definition) is 1. The SMILES string of the molecule is Cc1cc(-c2ccc(CNc3ncnc(C4(C)C=c5ccccc5=CC4)c3C)cc2)ccn1. The Bertz CT molecular complexity index is 1420. The number of aromatic nitrogens is 3. The van der Waals surface area contributed by atoms with Gasteiger partial charge in [-0.15, -0.1) is 0 Å². The normalized spacial score (nSPS) is 16.9. The van der Waals surface area contributed by atoms with E-state index in [0.717, 1.165) is 29.2 Å². The zero-order chi connectivity index (χ0) is 22.8. The summed E-state index contributed by atoms with van der Waals surface area (Å²) in [5.74, 6) is 0.891. The molecule has 1 atom stereocenters. The van der Waals surface area contributed by atoms with E-state index in [1.807, 2.05) is 19.2 Å². The summed E-state index contributed by atoms with van der Waals surface area (Å²) in [5, 5.41) is 6.09. The van der Waals surface area contributed by atoms with E-state index in [1.165, 1.54) is 27.1 Å². The van der Waals surface area contributed by atoms with Crippen LogP contribution >= 0.6 is 0 Å². The fourth-order valence-electron chi connectivity index (χ4n) is 4.65. The summed E-state index contributed by atoms with van der Waals surface area (Å²) < 4.78 is 0. The fraction of sp³-hybridized carbons (Fsp3) is 0.207. The van der Waals surface area contributed by atoms with Gasteiger partial charge in [-0.1, -0.05) is 67.6 Å². The van der Waals surface area contributed by atoms with Gasteiger partial charge in [0.15, 0.2) is 0 Å². The van der Waals surface area contributed by atoms with Crippen LogP contribution in [0, 0.1) is 13.8 Å². The van der Waals surface area contributed by atoms with E-state index < -0.39 is 0 Å². The first-order valence-electron chi connectivity index (χ1n) is 11.4. The van der Waals surface area contributed by atoms with Crippen LogP contribution in [0.25, 0.3) is 23.3 Å². The van der Waals surface area contributed by atoms with E-state index in [9.17, 15) is 0 Å². The Morgan fingerprint density at radius 2 is 1.67 bits per heavy atom. The summed E-state index contributed by atoms with van der Waals surface area (Å²) in [6.45, 7) is 7.11. The molecule has 2 aromatic heterocycles. The number of pyridine rings is 1. The monoisotopic (exact) mass is 432 g/mol. The second-order valence-corrected chi connectivity index (χ2v) is 9.03. The standard InChI is InChI=1S/C29H28N4/c1-20-16-25(13-15-30-20)24-10-8-22(9-11-24)18-31-28-21(2)27(32-19-33-28)29(3)14-12-23-6-4-5-7-26(23)17-29/h4-13,15-17,19H,14,18H2,1-3H3,(H,31,32,33). The van der Waals surface area contributed by atoms with E-state index in [-0.39, 0.29) is 5.41 Å². The Kier molecular flexibility index (Phi) is 5.51. The number of anilines is 1. The number of benzene rings is 2. The lowest BCUT2D eigenvalue weighted by Crippen LogP contribution is -2.35. The molecule has 0 bridgehead atoms. The third-order valence-corrected chi connectivity index (χ3v) is 6.49. The van der Waals surface area contributed by atoms with Crippen molar-refractivity contribution in [2.24, 2.45) is 0 Å². The topological polar surface area (TPSA) is 50.7 Å². The van der Waals surface area contributed by atoms with Crippen LogP contribution in [0.2, 0.25) is 0 Å². The predicted octanol–water partition coefficient (Wildman–Crippen LogP) is 4.69. The molecule has 2 heterocycles. The summed E-state index contributed by atoms with van der Waals surface area (Å²) in [7, 11) is 0. The molecule has 0 spiro atoms. The van der Waals surface area contributed by atoms with Gasteiger partial charge in [-0.3, -0.25) is 4.98 Å². The van der Waals surface area contributed by atoms with Crippen molar-refractivity contribution < 1.29 is 0 Å². The van der Waals surface area contributed by atoms with Crippen LogP contribution in [-0.4, -0.2) is 15.0 Å². The molecule has 4 heteroatoms. The Hall–Kier alpha value is -3.79. The molecule has 5 rings (SSSR count). The highest BCUT2D eigenvalue weighted by molar-refractivity contribution is 5.64. The molecule has 0 saturated carbocycles. The number of aryl methyl sites for hydroxylation is 1. The average Bonchev–Trinajstić information content (AvgIpc) is 2.83. The van der Waals surface area contributed by atoms with Crippen molar-refractivity contribution >= 4 is 18.0 Å². The van der Waals surface area contributed by atoms with Gasteiger partial charge in [0.1, 0.15) is 12.1 Å². The van der Waals surface area contributed by atoms with Crippen molar-refractivity contribution in [3.05, 3.63) is 106 Å². The van der Waals surface area contributed by atoms with Crippen LogP contribution in [0.1, 0.15) is 35.9 Å². The van der Waals surface area contributed by atoms with Gasteiger partial charge >= 0.3 is 0 Å². The van der Waals surface area contributed by atoms with E-state index in [2.05, 4.69) is 95.9 Å². The third kappa shape index (κ3) is 4.29. The maximum Gasteiger partial charge on any atom is 0.132 e. The van der Waals surface area contributed by atoms with Crippen LogP contribution in [0.4, 0.5) is 5.82 Å². The lowest BCUT2D eigenvalue weighted by Gasteiger charge is -2.28. The van der Waals surface area contributed by atoms with Gasteiger partial charge in [0.05, 0.1) is 5.69 Å². The van der Waals surface area contributed by atoms with E-state index >= 15 is 0 Å². The maximum atomic E-state index is 4.71. The highest BCUT2D eigenvalue weighted by Gasteiger charge is 2.29. The molecule has 1 aliphatic rings. The summed E-state index contributed by atoms with van der Waals surface area (Å²) >= 11 is 0. The van der Waals surface area contributed by atoms with Crippen molar-refractivity contribution in [2.45, 2.75) is 39.2 Å². The molecule has 0 amide bonds. The van der Waals surface area contributed by atoms with Gasteiger partial charge in [-0.25, -0.2) is 9.97 Å². The van der Waals surface area contributed by atoms with Crippen molar-refractivity contribution in [1.29, 1.82) is 0 Å². The van der Waals surface area contributed by atoms with Gasteiger partial charge in [0.2, 0.25) is 0 Å². The minimum Gasteiger partial charge on any atom is -0.366 e. The Morgan fingerprint density at radius 1 is 0.879 bits per heavy atom. The molecule has 164 valence electrons. The number of hydrogen-bond acceptors (Lipinski definition) is 4. The molecule has 1 aliphatic carbocycles. The highest BCUT2D eigenvalue weighted by atomic mass is 15.0. The van der Waals surface area contributed by atoms with Gasteiger partial charge in [-0.2, -0.15) is 0 Å². The zero-order valence-corrected chi connectivity index (χ0v) is 19.3. The Balaban J connectivity index is 1.35. The molecule has 0 aliphatic heterocycles. The fourth-order valence-corrected chi connectivity index (χ4v) is 4.65. The first-order chi connectivity index (χ1) is 16.0. The zero-order valence-electron chi connectivity index (χ0n) is 19.3.